The van der Waals surface area contributed by atoms with Gasteiger partial charge in [-0.2, -0.15) is 0 Å². The van der Waals surface area contributed by atoms with Gasteiger partial charge in [-0.15, -0.1) is 11.8 Å². The summed E-state index contributed by atoms with van der Waals surface area (Å²) < 4.78 is 0. The lowest BCUT2D eigenvalue weighted by Gasteiger charge is -2.23. The summed E-state index contributed by atoms with van der Waals surface area (Å²) in [6.45, 7) is 5.85. The molecule has 2 aliphatic rings. The number of carbonyl (C=O) groups is 1. The minimum Gasteiger partial charge on any atom is -0.323 e. The molecule has 2 aliphatic heterocycles. The molecule has 1 N–H and O–H groups in total. The summed E-state index contributed by atoms with van der Waals surface area (Å²) in [7, 11) is 0. The zero-order valence-electron chi connectivity index (χ0n) is 13.0. The Kier molecular flexibility index (Phi) is 5.05. The number of hydrogen-bond donors (Lipinski definition) is 1. The first kappa shape index (κ1) is 15.4. The van der Waals surface area contributed by atoms with E-state index in [2.05, 4.69) is 35.4 Å². The van der Waals surface area contributed by atoms with Crippen LogP contribution in [0.3, 0.4) is 0 Å². The summed E-state index contributed by atoms with van der Waals surface area (Å²) in [4.78, 5) is 18.0. The molecule has 1 aromatic carbocycles. The largest absolute Gasteiger partial charge is 0.323 e. The summed E-state index contributed by atoms with van der Waals surface area (Å²) in [6, 6.07) is 8.60. The first-order valence-electron chi connectivity index (χ1n) is 7.94. The van der Waals surface area contributed by atoms with Gasteiger partial charge in [-0.05, 0) is 30.4 Å². The molecular formula is C17H23N3OS. The highest BCUT2D eigenvalue weighted by molar-refractivity contribution is 7.99. The highest BCUT2D eigenvalue weighted by atomic mass is 32.2. The molecule has 0 saturated carbocycles. The Bertz CT molecular complexity index is 553. The second-order valence-corrected chi connectivity index (χ2v) is 7.04. The molecule has 2 amide bonds. The number of urea groups is 1. The van der Waals surface area contributed by atoms with Crippen LogP contribution in [0.5, 0.6) is 0 Å². The predicted molar refractivity (Wildman–Crippen MR) is 92.5 cm³/mol. The van der Waals surface area contributed by atoms with Gasteiger partial charge in [0.1, 0.15) is 0 Å². The smallest absolute Gasteiger partial charge is 0.321 e. The van der Waals surface area contributed by atoms with Crippen LogP contribution in [0.1, 0.15) is 13.3 Å². The molecule has 0 unspecified atom stereocenters. The Labute approximate surface area is 136 Å². The van der Waals surface area contributed by atoms with Gasteiger partial charge in [0.2, 0.25) is 0 Å². The van der Waals surface area contributed by atoms with Crippen molar-refractivity contribution in [1.82, 2.24) is 9.80 Å². The van der Waals surface area contributed by atoms with E-state index in [0.29, 0.717) is 6.04 Å². The van der Waals surface area contributed by atoms with Crippen LogP contribution < -0.4 is 5.32 Å². The van der Waals surface area contributed by atoms with Crippen molar-refractivity contribution in [1.29, 1.82) is 0 Å². The van der Waals surface area contributed by atoms with Gasteiger partial charge in [0.25, 0.3) is 0 Å². The van der Waals surface area contributed by atoms with Crippen LogP contribution in [0, 0.1) is 0 Å². The van der Waals surface area contributed by atoms with Crippen LogP contribution >= 0.6 is 11.8 Å². The quantitative estimate of drug-likeness (QED) is 0.684. The molecule has 5 heteroatoms. The van der Waals surface area contributed by atoms with Gasteiger partial charge >= 0.3 is 6.03 Å². The normalized spacial score (nSPS) is 21.5. The molecule has 0 aromatic heterocycles. The highest BCUT2D eigenvalue weighted by Gasteiger charge is 2.30. The molecule has 1 saturated heterocycles. The third-order valence-electron chi connectivity index (χ3n) is 4.21. The number of rotatable bonds is 4. The third kappa shape index (κ3) is 3.65. The van der Waals surface area contributed by atoms with Crippen molar-refractivity contribution in [3.05, 3.63) is 36.4 Å². The number of benzene rings is 1. The van der Waals surface area contributed by atoms with Crippen LogP contribution in [-0.4, -0.2) is 53.8 Å². The summed E-state index contributed by atoms with van der Waals surface area (Å²) >= 11 is 1.79. The molecule has 118 valence electrons. The zero-order valence-corrected chi connectivity index (χ0v) is 13.8. The van der Waals surface area contributed by atoms with Crippen molar-refractivity contribution in [2.45, 2.75) is 24.3 Å². The van der Waals surface area contributed by atoms with Gasteiger partial charge in [-0.1, -0.05) is 25.1 Å². The second kappa shape index (κ2) is 7.20. The average Bonchev–Trinajstić information content (AvgIpc) is 3.19. The van der Waals surface area contributed by atoms with E-state index in [1.807, 2.05) is 23.1 Å². The van der Waals surface area contributed by atoms with Crippen molar-refractivity contribution in [2.75, 3.05) is 37.2 Å². The van der Waals surface area contributed by atoms with E-state index >= 15 is 0 Å². The minimum absolute atomic E-state index is 0.0216. The number of anilines is 1. The van der Waals surface area contributed by atoms with Gasteiger partial charge in [0.15, 0.2) is 0 Å². The monoisotopic (exact) mass is 317 g/mol. The predicted octanol–water partition coefficient (Wildman–Crippen LogP) is 3.28. The highest BCUT2D eigenvalue weighted by Crippen LogP contribution is 2.22. The standard InChI is InChI=1S/C17H23N3OS/c1-2-22-16-7-5-6-14(12-16)18-17(21)20-11-8-15(13-20)19-9-3-4-10-19/h3-7,12,15H,2,8-11,13H2,1H3,(H,18,21)/t15-/m0/s1. The maximum absolute atomic E-state index is 12.4. The number of nitrogens with zero attached hydrogens (tertiary/aromatic N) is 2. The summed E-state index contributed by atoms with van der Waals surface area (Å²) in [6.07, 6.45) is 5.49. The number of likely N-dealkylation sites (tertiary alicyclic amines) is 1. The number of amides is 2. The molecule has 0 spiro atoms. The first-order valence-corrected chi connectivity index (χ1v) is 8.92. The van der Waals surface area contributed by atoms with Gasteiger partial charge in [0, 0.05) is 42.8 Å². The van der Waals surface area contributed by atoms with E-state index in [-0.39, 0.29) is 6.03 Å². The Balaban J connectivity index is 1.55. The van der Waals surface area contributed by atoms with Crippen molar-refractivity contribution in [3.63, 3.8) is 0 Å². The lowest BCUT2D eigenvalue weighted by atomic mass is 10.2. The van der Waals surface area contributed by atoms with Crippen LogP contribution in [0.2, 0.25) is 0 Å². The minimum atomic E-state index is 0.0216. The number of thioether (sulfide) groups is 1. The zero-order chi connectivity index (χ0) is 15.4. The number of hydrogen-bond acceptors (Lipinski definition) is 3. The Morgan fingerprint density at radius 3 is 2.95 bits per heavy atom. The SMILES string of the molecule is CCSc1cccc(NC(=O)N2CC[C@H](N3CC=CC3)C2)c1. The molecule has 0 bridgehead atoms. The summed E-state index contributed by atoms with van der Waals surface area (Å²) in [5.74, 6) is 1.04. The fraction of sp³-hybridized carbons (Fsp3) is 0.471. The van der Waals surface area contributed by atoms with Crippen LogP contribution in [0.4, 0.5) is 10.5 Å². The molecular weight excluding hydrogens is 294 g/mol. The van der Waals surface area contributed by atoms with E-state index in [0.717, 1.165) is 44.0 Å². The van der Waals surface area contributed by atoms with Crippen LogP contribution in [0.25, 0.3) is 0 Å². The maximum atomic E-state index is 12.4. The molecule has 4 nitrogen and oxygen atoms in total. The van der Waals surface area contributed by atoms with Crippen molar-refractivity contribution < 1.29 is 4.79 Å². The van der Waals surface area contributed by atoms with E-state index in [4.69, 9.17) is 0 Å². The lowest BCUT2D eigenvalue weighted by molar-refractivity contribution is 0.212. The van der Waals surface area contributed by atoms with E-state index in [9.17, 15) is 4.79 Å². The van der Waals surface area contributed by atoms with Gasteiger partial charge in [-0.3, -0.25) is 4.90 Å². The van der Waals surface area contributed by atoms with Gasteiger partial charge in [0.05, 0.1) is 0 Å². The Hall–Kier alpha value is -1.46. The Morgan fingerprint density at radius 2 is 2.18 bits per heavy atom. The van der Waals surface area contributed by atoms with E-state index < -0.39 is 0 Å². The van der Waals surface area contributed by atoms with Crippen molar-refractivity contribution in [2.24, 2.45) is 0 Å². The van der Waals surface area contributed by atoms with E-state index in [1.165, 1.54) is 4.90 Å². The molecule has 0 radical (unpaired) electrons. The topological polar surface area (TPSA) is 35.6 Å². The van der Waals surface area contributed by atoms with Gasteiger partial charge in [-0.25, -0.2) is 4.79 Å². The second-order valence-electron chi connectivity index (χ2n) is 5.70. The lowest BCUT2D eigenvalue weighted by Crippen LogP contribution is -2.38. The first-order chi connectivity index (χ1) is 10.8. The molecule has 2 heterocycles. The fourth-order valence-electron chi connectivity index (χ4n) is 3.05. The fourth-order valence-corrected chi connectivity index (χ4v) is 3.77. The van der Waals surface area contributed by atoms with Crippen LogP contribution in [0.15, 0.2) is 41.3 Å². The molecule has 1 aromatic rings. The number of nitrogens with one attached hydrogen (secondary N) is 1. The average molecular weight is 317 g/mol. The summed E-state index contributed by atoms with van der Waals surface area (Å²) in [5.41, 5.74) is 0.884. The van der Waals surface area contributed by atoms with E-state index in [1.54, 1.807) is 11.8 Å². The summed E-state index contributed by atoms with van der Waals surface area (Å²) in [5, 5.41) is 3.03. The molecule has 22 heavy (non-hydrogen) atoms. The van der Waals surface area contributed by atoms with Crippen LogP contribution in [-0.2, 0) is 0 Å². The third-order valence-corrected chi connectivity index (χ3v) is 5.09. The number of carbonyl (C=O) groups excluding carboxylic acids is 1. The van der Waals surface area contributed by atoms with Crippen molar-refractivity contribution in [3.8, 4) is 0 Å². The van der Waals surface area contributed by atoms with Crippen molar-refractivity contribution >= 4 is 23.5 Å². The molecule has 1 atom stereocenters. The molecule has 1 fully saturated rings. The van der Waals surface area contributed by atoms with Gasteiger partial charge < -0.3 is 10.2 Å². The molecule has 3 rings (SSSR count). The maximum Gasteiger partial charge on any atom is 0.321 e. The Morgan fingerprint density at radius 1 is 1.36 bits per heavy atom. The molecule has 0 aliphatic carbocycles.